The van der Waals surface area contributed by atoms with Gasteiger partial charge >= 0.3 is 0 Å². The summed E-state index contributed by atoms with van der Waals surface area (Å²) in [5.41, 5.74) is 1.70. The summed E-state index contributed by atoms with van der Waals surface area (Å²) in [6.07, 6.45) is 6.43. The molecule has 1 unspecified atom stereocenters. The van der Waals surface area contributed by atoms with E-state index in [1.54, 1.807) is 5.57 Å². The highest BCUT2D eigenvalue weighted by Gasteiger charge is 2.20. The molecule has 0 aromatic heterocycles. The maximum atomic E-state index is 2.44. The lowest BCUT2D eigenvalue weighted by molar-refractivity contribution is 0.432. The summed E-state index contributed by atoms with van der Waals surface area (Å²) >= 11 is 0. The SMILES string of the molecule is CC.CCC1=CCCC1C(C)C. The molecule has 1 aliphatic carbocycles. The second-order valence-electron chi connectivity index (χ2n) is 3.56. The fourth-order valence-electron chi connectivity index (χ4n) is 1.95. The van der Waals surface area contributed by atoms with Crippen molar-refractivity contribution >= 4 is 0 Å². The molecule has 0 spiro atoms. The van der Waals surface area contributed by atoms with Gasteiger partial charge in [-0.15, -0.1) is 0 Å². The van der Waals surface area contributed by atoms with Crippen molar-refractivity contribution < 1.29 is 0 Å². The third-order valence-electron chi connectivity index (χ3n) is 2.57. The van der Waals surface area contributed by atoms with Crippen LogP contribution in [-0.4, -0.2) is 0 Å². The van der Waals surface area contributed by atoms with Gasteiger partial charge in [-0.25, -0.2) is 0 Å². The van der Waals surface area contributed by atoms with Crippen LogP contribution in [0.15, 0.2) is 11.6 Å². The van der Waals surface area contributed by atoms with Crippen molar-refractivity contribution in [2.75, 3.05) is 0 Å². The molecular weight excluding hydrogens is 144 g/mol. The van der Waals surface area contributed by atoms with Crippen molar-refractivity contribution in [2.45, 2.75) is 53.9 Å². The predicted molar refractivity (Wildman–Crippen MR) is 57.3 cm³/mol. The van der Waals surface area contributed by atoms with Gasteiger partial charge in [-0.3, -0.25) is 0 Å². The first-order valence-electron chi connectivity index (χ1n) is 5.44. The van der Waals surface area contributed by atoms with Gasteiger partial charge in [0.1, 0.15) is 0 Å². The Kier molecular flexibility index (Phi) is 6.14. The first-order chi connectivity index (χ1) is 5.75. The van der Waals surface area contributed by atoms with Crippen LogP contribution < -0.4 is 0 Å². The van der Waals surface area contributed by atoms with E-state index < -0.39 is 0 Å². The second-order valence-corrected chi connectivity index (χ2v) is 3.56. The van der Waals surface area contributed by atoms with Crippen LogP contribution in [-0.2, 0) is 0 Å². The number of hydrogen-bond acceptors (Lipinski definition) is 0. The van der Waals surface area contributed by atoms with Gasteiger partial charge in [-0.2, -0.15) is 0 Å². The van der Waals surface area contributed by atoms with E-state index in [1.165, 1.54) is 19.3 Å². The molecule has 0 N–H and O–H groups in total. The molecule has 0 bridgehead atoms. The van der Waals surface area contributed by atoms with E-state index in [0.29, 0.717) is 0 Å². The van der Waals surface area contributed by atoms with E-state index in [0.717, 1.165) is 11.8 Å². The van der Waals surface area contributed by atoms with Crippen LogP contribution in [0.1, 0.15) is 53.9 Å². The second kappa shape index (κ2) is 6.28. The van der Waals surface area contributed by atoms with Gasteiger partial charge in [-0.05, 0) is 31.1 Å². The van der Waals surface area contributed by atoms with Crippen molar-refractivity contribution in [1.82, 2.24) is 0 Å². The van der Waals surface area contributed by atoms with Crippen LogP contribution >= 0.6 is 0 Å². The minimum atomic E-state index is 0.855. The van der Waals surface area contributed by atoms with Gasteiger partial charge in [0.15, 0.2) is 0 Å². The standard InChI is InChI=1S/C10H18.C2H6/c1-4-9-6-5-7-10(9)8(2)3;1-2/h6,8,10H,4-5,7H2,1-3H3;1-2H3. The maximum Gasteiger partial charge on any atom is -0.0177 e. The molecule has 0 heteroatoms. The largest absolute Gasteiger partial charge is 0.0850 e. The zero-order chi connectivity index (χ0) is 9.56. The molecule has 1 atom stereocenters. The monoisotopic (exact) mass is 168 g/mol. The molecule has 72 valence electrons. The minimum absolute atomic E-state index is 0.855. The molecule has 0 aromatic rings. The number of allylic oxidation sites excluding steroid dienone is 2. The zero-order valence-corrected chi connectivity index (χ0v) is 9.35. The topological polar surface area (TPSA) is 0 Å². The first kappa shape index (κ1) is 11.7. The van der Waals surface area contributed by atoms with Crippen LogP contribution in [0.2, 0.25) is 0 Å². The van der Waals surface area contributed by atoms with Crippen LogP contribution in [0.4, 0.5) is 0 Å². The van der Waals surface area contributed by atoms with Crippen LogP contribution in [0.5, 0.6) is 0 Å². The molecule has 0 heterocycles. The summed E-state index contributed by atoms with van der Waals surface area (Å²) in [6.45, 7) is 10.9. The van der Waals surface area contributed by atoms with Crippen LogP contribution in [0.25, 0.3) is 0 Å². The Bertz CT molecular complexity index is 131. The van der Waals surface area contributed by atoms with Crippen LogP contribution in [0, 0.1) is 11.8 Å². The smallest absolute Gasteiger partial charge is 0.0177 e. The van der Waals surface area contributed by atoms with Gasteiger partial charge in [0.25, 0.3) is 0 Å². The van der Waals surface area contributed by atoms with Crippen LogP contribution in [0.3, 0.4) is 0 Å². The minimum Gasteiger partial charge on any atom is -0.0850 e. The fourth-order valence-corrected chi connectivity index (χ4v) is 1.95. The summed E-state index contributed by atoms with van der Waals surface area (Å²) in [6, 6.07) is 0. The van der Waals surface area contributed by atoms with E-state index in [4.69, 9.17) is 0 Å². The average Bonchev–Trinajstić information content (AvgIpc) is 2.55. The Balaban J connectivity index is 0.000000561. The third-order valence-corrected chi connectivity index (χ3v) is 2.57. The lowest BCUT2D eigenvalue weighted by Crippen LogP contribution is -2.06. The van der Waals surface area contributed by atoms with Crippen molar-refractivity contribution in [3.8, 4) is 0 Å². The van der Waals surface area contributed by atoms with Gasteiger partial charge in [0.2, 0.25) is 0 Å². The molecule has 0 saturated heterocycles. The molecule has 0 fully saturated rings. The molecular formula is C12H24. The van der Waals surface area contributed by atoms with Gasteiger partial charge in [0, 0.05) is 0 Å². The molecule has 0 nitrogen and oxygen atoms in total. The lowest BCUT2D eigenvalue weighted by Gasteiger charge is -2.17. The number of hydrogen-bond donors (Lipinski definition) is 0. The Morgan fingerprint density at radius 2 is 2.00 bits per heavy atom. The number of rotatable bonds is 2. The van der Waals surface area contributed by atoms with Gasteiger partial charge in [-0.1, -0.05) is 46.3 Å². The van der Waals surface area contributed by atoms with Gasteiger partial charge < -0.3 is 0 Å². The quantitative estimate of drug-likeness (QED) is 0.536. The molecule has 0 radical (unpaired) electrons. The summed E-state index contributed by atoms with van der Waals surface area (Å²) in [5, 5.41) is 0. The molecule has 0 aromatic carbocycles. The highest BCUT2D eigenvalue weighted by Crippen LogP contribution is 2.33. The first-order valence-corrected chi connectivity index (χ1v) is 5.44. The van der Waals surface area contributed by atoms with E-state index in [1.807, 2.05) is 13.8 Å². The normalized spacial score (nSPS) is 21.8. The highest BCUT2D eigenvalue weighted by molar-refractivity contribution is 5.12. The lowest BCUT2D eigenvalue weighted by atomic mass is 9.88. The summed E-state index contributed by atoms with van der Waals surface area (Å²) in [4.78, 5) is 0. The fraction of sp³-hybridized carbons (Fsp3) is 0.833. The van der Waals surface area contributed by atoms with Crippen molar-refractivity contribution in [2.24, 2.45) is 11.8 Å². The summed E-state index contributed by atoms with van der Waals surface area (Å²) in [5.74, 6) is 1.76. The molecule has 0 saturated carbocycles. The zero-order valence-electron chi connectivity index (χ0n) is 9.35. The van der Waals surface area contributed by atoms with Crippen molar-refractivity contribution in [3.05, 3.63) is 11.6 Å². The molecule has 1 rings (SSSR count). The van der Waals surface area contributed by atoms with Crippen molar-refractivity contribution in [1.29, 1.82) is 0 Å². The van der Waals surface area contributed by atoms with E-state index in [2.05, 4.69) is 26.8 Å². The molecule has 1 aliphatic rings. The third kappa shape index (κ3) is 3.00. The summed E-state index contributed by atoms with van der Waals surface area (Å²) in [7, 11) is 0. The average molecular weight is 168 g/mol. The highest BCUT2D eigenvalue weighted by atomic mass is 14.3. The van der Waals surface area contributed by atoms with E-state index >= 15 is 0 Å². The Hall–Kier alpha value is -0.260. The van der Waals surface area contributed by atoms with Crippen molar-refractivity contribution in [3.63, 3.8) is 0 Å². The Labute approximate surface area is 78.1 Å². The van der Waals surface area contributed by atoms with E-state index in [-0.39, 0.29) is 0 Å². The molecule has 0 aliphatic heterocycles. The predicted octanol–water partition coefficient (Wildman–Crippen LogP) is 4.42. The maximum absolute atomic E-state index is 2.44. The van der Waals surface area contributed by atoms with E-state index in [9.17, 15) is 0 Å². The van der Waals surface area contributed by atoms with Gasteiger partial charge in [0.05, 0.1) is 0 Å². The molecule has 0 amide bonds. The Morgan fingerprint density at radius 1 is 1.42 bits per heavy atom. The Morgan fingerprint density at radius 3 is 2.33 bits per heavy atom. The molecule has 12 heavy (non-hydrogen) atoms. The summed E-state index contributed by atoms with van der Waals surface area (Å²) < 4.78 is 0.